The summed E-state index contributed by atoms with van der Waals surface area (Å²) in [6.07, 6.45) is 1.94. The van der Waals surface area contributed by atoms with Crippen molar-refractivity contribution in [2.75, 3.05) is 7.11 Å². The second kappa shape index (κ2) is 6.22. The van der Waals surface area contributed by atoms with Gasteiger partial charge in [0.05, 0.1) is 7.11 Å². The Morgan fingerprint density at radius 1 is 1.06 bits per heavy atom. The third-order valence-corrected chi connectivity index (χ3v) is 3.11. The summed E-state index contributed by atoms with van der Waals surface area (Å²) in [6, 6.07) is 18.5. The molecule has 2 N–H and O–H groups in total. The topological polar surface area (TPSA) is 35.2 Å². The van der Waals surface area contributed by atoms with Crippen LogP contribution in [0.4, 0.5) is 0 Å². The zero-order valence-electron chi connectivity index (χ0n) is 10.7. The molecule has 0 aliphatic carbocycles. The van der Waals surface area contributed by atoms with Crippen molar-refractivity contribution in [1.82, 2.24) is 0 Å². The lowest BCUT2D eigenvalue weighted by Crippen LogP contribution is -2.11. The van der Waals surface area contributed by atoms with Crippen molar-refractivity contribution < 1.29 is 4.74 Å². The predicted molar refractivity (Wildman–Crippen MR) is 74.7 cm³/mol. The summed E-state index contributed by atoms with van der Waals surface area (Å²) in [5, 5.41) is 0. The van der Waals surface area contributed by atoms with Crippen molar-refractivity contribution in [2.24, 2.45) is 5.73 Å². The first kappa shape index (κ1) is 12.7. The molecule has 0 aliphatic heterocycles. The lowest BCUT2D eigenvalue weighted by molar-refractivity contribution is 0.413. The molecule has 0 saturated carbocycles. The Bertz CT molecular complexity index is 481. The third kappa shape index (κ3) is 3.34. The van der Waals surface area contributed by atoms with E-state index in [0.717, 1.165) is 24.2 Å². The highest BCUT2D eigenvalue weighted by Crippen LogP contribution is 2.21. The minimum atomic E-state index is 0.0558. The van der Waals surface area contributed by atoms with Gasteiger partial charge in [-0.25, -0.2) is 0 Å². The van der Waals surface area contributed by atoms with Crippen LogP contribution in [-0.2, 0) is 6.42 Å². The highest BCUT2D eigenvalue weighted by Gasteiger charge is 2.07. The first-order valence-corrected chi connectivity index (χ1v) is 6.23. The van der Waals surface area contributed by atoms with Gasteiger partial charge in [0.1, 0.15) is 5.75 Å². The van der Waals surface area contributed by atoms with Crippen molar-refractivity contribution in [3.05, 3.63) is 65.7 Å². The maximum atomic E-state index is 6.21. The van der Waals surface area contributed by atoms with Crippen molar-refractivity contribution >= 4 is 0 Å². The van der Waals surface area contributed by atoms with E-state index in [2.05, 4.69) is 30.3 Å². The summed E-state index contributed by atoms with van der Waals surface area (Å²) in [6.45, 7) is 0. The second-order valence-corrected chi connectivity index (χ2v) is 4.41. The van der Waals surface area contributed by atoms with Crippen LogP contribution in [0.15, 0.2) is 54.6 Å². The maximum absolute atomic E-state index is 6.21. The summed E-state index contributed by atoms with van der Waals surface area (Å²) in [5.41, 5.74) is 8.67. The fourth-order valence-electron chi connectivity index (χ4n) is 2.01. The molecule has 0 fully saturated rings. The zero-order valence-corrected chi connectivity index (χ0v) is 10.7. The Balaban J connectivity index is 1.97. The lowest BCUT2D eigenvalue weighted by atomic mass is 10.00. The fourth-order valence-corrected chi connectivity index (χ4v) is 2.01. The first-order chi connectivity index (χ1) is 8.79. The van der Waals surface area contributed by atoms with Crippen molar-refractivity contribution in [3.8, 4) is 5.75 Å². The molecule has 0 unspecified atom stereocenters. The number of benzene rings is 2. The van der Waals surface area contributed by atoms with Gasteiger partial charge >= 0.3 is 0 Å². The SMILES string of the molecule is COc1cccc([C@H](N)CCc2ccccc2)c1. The van der Waals surface area contributed by atoms with E-state index in [0.29, 0.717) is 0 Å². The van der Waals surface area contributed by atoms with Crippen LogP contribution in [0.3, 0.4) is 0 Å². The molecule has 0 aromatic heterocycles. The summed E-state index contributed by atoms with van der Waals surface area (Å²) >= 11 is 0. The van der Waals surface area contributed by atoms with Crippen molar-refractivity contribution in [2.45, 2.75) is 18.9 Å². The Labute approximate surface area is 108 Å². The number of nitrogens with two attached hydrogens (primary N) is 1. The van der Waals surface area contributed by atoms with Crippen LogP contribution < -0.4 is 10.5 Å². The van der Waals surface area contributed by atoms with Gasteiger partial charge in [0.25, 0.3) is 0 Å². The molecule has 2 aromatic carbocycles. The van der Waals surface area contributed by atoms with Gasteiger partial charge in [-0.2, -0.15) is 0 Å². The minimum Gasteiger partial charge on any atom is -0.497 e. The summed E-state index contributed by atoms with van der Waals surface area (Å²) < 4.78 is 5.21. The van der Waals surface area contributed by atoms with E-state index >= 15 is 0 Å². The van der Waals surface area contributed by atoms with Gasteiger partial charge in [-0.3, -0.25) is 0 Å². The van der Waals surface area contributed by atoms with Crippen LogP contribution >= 0.6 is 0 Å². The van der Waals surface area contributed by atoms with Crippen LogP contribution in [0.1, 0.15) is 23.6 Å². The standard InChI is InChI=1S/C16H19NO/c1-18-15-9-5-8-14(12-15)16(17)11-10-13-6-3-2-4-7-13/h2-9,12,16H,10-11,17H2,1H3/t16-/m1/s1. The number of ether oxygens (including phenoxy) is 1. The van der Waals surface area contributed by atoms with Gasteiger partial charge in [-0.15, -0.1) is 0 Å². The van der Waals surface area contributed by atoms with Gasteiger partial charge in [-0.05, 0) is 36.1 Å². The van der Waals surface area contributed by atoms with Crippen molar-refractivity contribution in [1.29, 1.82) is 0 Å². The van der Waals surface area contributed by atoms with E-state index in [-0.39, 0.29) is 6.04 Å². The summed E-state index contributed by atoms with van der Waals surface area (Å²) in [4.78, 5) is 0. The van der Waals surface area contributed by atoms with E-state index in [9.17, 15) is 0 Å². The van der Waals surface area contributed by atoms with E-state index in [1.54, 1.807) is 7.11 Å². The Kier molecular flexibility index (Phi) is 4.37. The fraction of sp³-hybridized carbons (Fsp3) is 0.250. The highest BCUT2D eigenvalue weighted by atomic mass is 16.5. The van der Waals surface area contributed by atoms with Crippen LogP contribution in [-0.4, -0.2) is 7.11 Å². The van der Waals surface area contributed by atoms with Crippen LogP contribution in [0, 0.1) is 0 Å². The van der Waals surface area contributed by atoms with E-state index in [1.165, 1.54) is 5.56 Å². The molecule has 2 aromatic rings. The molecule has 0 bridgehead atoms. The molecule has 18 heavy (non-hydrogen) atoms. The molecule has 2 rings (SSSR count). The summed E-state index contributed by atoms with van der Waals surface area (Å²) in [7, 11) is 1.68. The summed E-state index contributed by atoms with van der Waals surface area (Å²) in [5.74, 6) is 0.864. The van der Waals surface area contributed by atoms with Crippen LogP contribution in [0.25, 0.3) is 0 Å². The number of hydrogen-bond donors (Lipinski definition) is 1. The molecule has 1 atom stereocenters. The molecular formula is C16H19NO. The quantitative estimate of drug-likeness (QED) is 0.871. The van der Waals surface area contributed by atoms with Gasteiger partial charge < -0.3 is 10.5 Å². The van der Waals surface area contributed by atoms with Gasteiger partial charge in [0.15, 0.2) is 0 Å². The molecular weight excluding hydrogens is 222 g/mol. The molecule has 0 spiro atoms. The predicted octanol–water partition coefficient (Wildman–Crippen LogP) is 3.33. The molecule has 2 heteroatoms. The largest absolute Gasteiger partial charge is 0.497 e. The van der Waals surface area contributed by atoms with Gasteiger partial charge in [0, 0.05) is 6.04 Å². The van der Waals surface area contributed by atoms with Crippen molar-refractivity contribution in [3.63, 3.8) is 0 Å². The maximum Gasteiger partial charge on any atom is 0.119 e. The Morgan fingerprint density at radius 3 is 2.56 bits per heavy atom. The molecule has 0 radical (unpaired) electrons. The second-order valence-electron chi connectivity index (χ2n) is 4.41. The molecule has 0 heterocycles. The number of rotatable bonds is 5. The molecule has 0 aliphatic rings. The zero-order chi connectivity index (χ0) is 12.8. The van der Waals surface area contributed by atoms with E-state index < -0.39 is 0 Å². The molecule has 0 saturated heterocycles. The molecule has 2 nitrogen and oxygen atoms in total. The Hall–Kier alpha value is -1.80. The van der Waals surface area contributed by atoms with Gasteiger partial charge in [0.2, 0.25) is 0 Å². The van der Waals surface area contributed by atoms with E-state index in [1.807, 2.05) is 24.3 Å². The Morgan fingerprint density at radius 2 is 1.83 bits per heavy atom. The minimum absolute atomic E-state index is 0.0558. The average molecular weight is 241 g/mol. The first-order valence-electron chi connectivity index (χ1n) is 6.23. The smallest absolute Gasteiger partial charge is 0.119 e. The van der Waals surface area contributed by atoms with Gasteiger partial charge in [-0.1, -0.05) is 42.5 Å². The van der Waals surface area contributed by atoms with E-state index in [4.69, 9.17) is 10.5 Å². The highest BCUT2D eigenvalue weighted by molar-refractivity contribution is 5.30. The number of aryl methyl sites for hydroxylation is 1. The number of hydrogen-bond acceptors (Lipinski definition) is 2. The third-order valence-electron chi connectivity index (χ3n) is 3.11. The molecule has 0 amide bonds. The monoisotopic (exact) mass is 241 g/mol. The lowest BCUT2D eigenvalue weighted by Gasteiger charge is -2.13. The molecule has 94 valence electrons. The van der Waals surface area contributed by atoms with Crippen LogP contribution in [0.5, 0.6) is 5.75 Å². The van der Waals surface area contributed by atoms with Crippen LogP contribution in [0.2, 0.25) is 0 Å². The number of methoxy groups -OCH3 is 1. The normalized spacial score (nSPS) is 12.1. The average Bonchev–Trinajstić information content (AvgIpc) is 2.46.